The van der Waals surface area contributed by atoms with E-state index in [0.717, 1.165) is 31.5 Å². The number of benzene rings is 1. The zero-order valence-electron chi connectivity index (χ0n) is 14.7. The van der Waals surface area contributed by atoms with E-state index >= 15 is 0 Å². The summed E-state index contributed by atoms with van der Waals surface area (Å²) in [5.74, 6) is 0.757. The summed E-state index contributed by atoms with van der Waals surface area (Å²) in [4.78, 5) is 21.9. The molecule has 2 aromatic rings. The van der Waals surface area contributed by atoms with E-state index in [-0.39, 0.29) is 5.91 Å². The number of rotatable bonds is 4. The van der Waals surface area contributed by atoms with Crippen LogP contribution in [0.3, 0.4) is 0 Å². The molecule has 3 heterocycles. The summed E-state index contributed by atoms with van der Waals surface area (Å²) in [5, 5.41) is 0. The van der Waals surface area contributed by atoms with Gasteiger partial charge < -0.3 is 14.2 Å². The third-order valence-electron chi connectivity index (χ3n) is 5.55. The lowest BCUT2D eigenvalue weighted by Gasteiger charge is -2.33. The molecule has 0 spiro atoms. The molecule has 1 aromatic carbocycles. The second-order valence-corrected chi connectivity index (χ2v) is 7.17. The van der Waals surface area contributed by atoms with Crippen molar-refractivity contribution in [2.45, 2.75) is 44.2 Å². The fourth-order valence-electron chi connectivity index (χ4n) is 4.28. The Morgan fingerprint density at radius 1 is 1.16 bits per heavy atom. The number of hydrogen-bond donors (Lipinski definition) is 0. The lowest BCUT2D eigenvalue weighted by molar-refractivity contribution is -0.132. The molecule has 0 aliphatic carbocycles. The summed E-state index contributed by atoms with van der Waals surface area (Å²) in [5.41, 5.74) is 1.65. The number of amides is 1. The SMILES string of the molecule is CN1CCC[C@H]1[C@H]1CCCN1C(=O)Cc1coc(-c2ccccc2)n1. The maximum atomic E-state index is 12.9. The number of likely N-dealkylation sites (N-methyl/N-ethyl adjacent to an activating group) is 1. The minimum absolute atomic E-state index is 0.177. The molecule has 0 unspecified atom stereocenters. The minimum atomic E-state index is 0.177. The summed E-state index contributed by atoms with van der Waals surface area (Å²) in [6.45, 7) is 2.02. The Morgan fingerprint density at radius 2 is 1.92 bits per heavy atom. The van der Waals surface area contributed by atoms with Crippen molar-refractivity contribution in [2.75, 3.05) is 20.1 Å². The van der Waals surface area contributed by atoms with Gasteiger partial charge in [-0.3, -0.25) is 4.79 Å². The molecule has 2 saturated heterocycles. The van der Waals surface area contributed by atoms with Gasteiger partial charge in [0.1, 0.15) is 6.26 Å². The van der Waals surface area contributed by atoms with Gasteiger partial charge in [0.05, 0.1) is 12.1 Å². The normalized spacial score (nSPS) is 24.1. The number of carbonyl (C=O) groups is 1. The molecule has 1 aromatic heterocycles. The van der Waals surface area contributed by atoms with Crippen LogP contribution in [0.4, 0.5) is 0 Å². The summed E-state index contributed by atoms with van der Waals surface area (Å²) in [7, 11) is 2.18. The summed E-state index contributed by atoms with van der Waals surface area (Å²) in [6.07, 6.45) is 6.61. The van der Waals surface area contributed by atoms with E-state index in [1.807, 2.05) is 30.3 Å². The maximum Gasteiger partial charge on any atom is 0.229 e. The third kappa shape index (κ3) is 3.33. The van der Waals surface area contributed by atoms with Crippen LogP contribution in [-0.4, -0.2) is 52.9 Å². The van der Waals surface area contributed by atoms with Gasteiger partial charge in [-0.25, -0.2) is 4.98 Å². The van der Waals surface area contributed by atoms with Crippen molar-refractivity contribution < 1.29 is 9.21 Å². The van der Waals surface area contributed by atoms with E-state index in [9.17, 15) is 4.79 Å². The van der Waals surface area contributed by atoms with E-state index in [0.29, 0.717) is 30.1 Å². The Balaban J connectivity index is 1.44. The zero-order valence-corrected chi connectivity index (χ0v) is 14.7. The lowest BCUT2D eigenvalue weighted by atomic mass is 10.0. The Morgan fingerprint density at radius 3 is 2.68 bits per heavy atom. The van der Waals surface area contributed by atoms with Crippen LogP contribution in [0.5, 0.6) is 0 Å². The first-order valence-electron chi connectivity index (χ1n) is 9.22. The molecule has 4 rings (SSSR count). The fraction of sp³-hybridized carbons (Fsp3) is 0.500. The van der Waals surface area contributed by atoms with Gasteiger partial charge in [0, 0.05) is 24.2 Å². The van der Waals surface area contributed by atoms with Crippen molar-refractivity contribution in [1.82, 2.24) is 14.8 Å². The van der Waals surface area contributed by atoms with Crippen LogP contribution in [-0.2, 0) is 11.2 Å². The minimum Gasteiger partial charge on any atom is -0.444 e. The maximum absolute atomic E-state index is 12.9. The van der Waals surface area contributed by atoms with Crippen molar-refractivity contribution in [3.8, 4) is 11.5 Å². The third-order valence-corrected chi connectivity index (χ3v) is 5.55. The highest BCUT2D eigenvalue weighted by molar-refractivity contribution is 5.79. The van der Waals surface area contributed by atoms with Gasteiger partial charge >= 0.3 is 0 Å². The first-order valence-corrected chi connectivity index (χ1v) is 9.22. The molecule has 2 atom stereocenters. The van der Waals surface area contributed by atoms with Crippen LogP contribution in [0.1, 0.15) is 31.4 Å². The van der Waals surface area contributed by atoms with Crippen LogP contribution in [0.25, 0.3) is 11.5 Å². The second-order valence-electron chi connectivity index (χ2n) is 7.17. The standard InChI is InChI=1S/C20H25N3O2/c1-22-11-5-9-17(22)18-10-6-12-23(18)19(24)13-16-14-25-20(21-16)15-7-3-2-4-8-15/h2-4,7-8,14,17-18H,5-6,9-13H2,1H3/t17-,18+/m0/s1. The van der Waals surface area contributed by atoms with Crippen LogP contribution >= 0.6 is 0 Å². The Hall–Kier alpha value is -2.14. The van der Waals surface area contributed by atoms with E-state index < -0.39 is 0 Å². The van der Waals surface area contributed by atoms with Gasteiger partial charge in [-0.1, -0.05) is 18.2 Å². The Bertz CT molecular complexity index is 728. The van der Waals surface area contributed by atoms with E-state index in [1.165, 1.54) is 12.8 Å². The monoisotopic (exact) mass is 339 g/mol. The molecule has 1 amide bonds. The van der Waals surface area contributed by atoms with Crippen molar-refractivity contribution in [3.63, 3.8) is 0 Å². The van der Waals surface area contributed by atoms with E-state index in [4.69, 9.17) is 4.42 Å². The molecule has 0 radical (unpaired) electrons. The average molecular weight is 339 g/mol. The number of aromatic nitrogens is 1. The molecule has 25 heavy (non-hydrogen) atoms. The average Bonchev–Trinajstić information content (AvgIpc) is 3.35. The number of likely N-dealkylation sites (tertiary alicyclic amines) is 2. The van der Waals surface area contributed by atoms with Crippen molar-refractivity contribution >= 4 is 5.91 Å². The van der Waals surface area contributed by atoms with Crippen molar-refractivity contribution in [1.29, 1.82) is 0 Å². The van der Waals surface area contributed by atoms with Crippen LogP contribution < -0.4 is 0 Å². The van der Waals surface area contributed by atoms with Gasteiger partial charge in [-0.15, -0.1) is 0 Å². The van der Waals surface area contributed by atoms with Crippen molar-refractivity contribution in [3.05, 3.63) is 42.3 Å². The van der Waals surface area contributed by atoms with Gasteiger partial charge in [0.25, 0.3) is 0 Å². The highest BCUT2D eigenvalue weighted by atomic mass is 16.3. The van der Waals surface area contributed by atoms with Crippen LogP contribution in [0.2, 0.25) is 0 Å². The number of nitrogens with zero attached hydrogens (tertiary/aromatic N) is 3. The molecular formula is C20H25N3O2. The number of hydrogen-bond acceptors (Lipinski definition) is 4. The molecule has 5 heteroatoms. The molecule has 5 nitrogen and oxygen atoms in total. The van der Waals surface area contributed by atoms with Gasteiger partial charge in [-0.2, -0.15) is 0 Å². The molecule has 2 aliphatic heterocycles. The topological polar surface area (TPSA) is 49.6 Å². The predicted molar refractivity (Wildman–Crippen MR) is 96.0 cm³/mol. The summed E-state index contributed by atoms with van der Waals surface area (Å²) in [6, 6.07) is 10.7. The van der Waals surface area contributed by atoms with E-state index in [1.54, 1.807) is 6.26 Å². The van der Waals surface area contributed by atoms with Crippen LogP contribution in [0, 0.1) is 0 Å². The molecular weight excluding hydrogens is 314 g/mol. The predicted octanol–water partition coefficient (Wildman–Crippen LogP) is 2.97. The second kappa shape index (κ2) is 7.00. The highest BCUT2D eigenvalue weighted by Gasteiger charge is 2.38. The largest absolute Gasteiger partial charge is 0.444 e. The van der Waals surface area contributed by atoms with Crippen LogP contribution in [0.15, 0.2) is 41.0 Å². The smallest absolute Gasteiger partial charge is 0.229 e. The number of oxazole rings is 1. The quantitative estimate of drug-likeness (QED) is 0.859. The summed E-state index contributed by atoms with van der Waals surface area (Å²) < 4.78 is 5.57. The Labute approximate surface area is 148 Å². The van der Waals surface area contributed by atoms with Gasteiger partial charge in [0.2, 0.25) is 11.8 Å². The molecule has 2 aliphatic rings. The fourth-order valence-corrected chi connectivity index (χ4v) is 4.28. The number of carbonyl (C=O) groups excluding carboxylic acids is 1. The van der Waals surface area contributed by atoms with Crippen molar-refractivity contribution in [2.24, 2.45) is 0 Å². The first-order chi connectivity index (χ1) is 12.2. The van der Waals surface area contributed by atoms with Gasteiger partial charge in [0.15, 0.2) is 0 Å². The Kier molecular flexibility index (Phi) is 4.57. The molecule has 0 saturated carbocycles. The zero-order chi connectivity index (χ0) is 17.2. The molecule has 0 bridgehead atoms. The highest BCUT2D eigenvalue weighted by Crippen LogP contribution is 2.29. The molecule has 0 N–H and O–H groups in total. The van der Waals surface area contributed by atoms with Gasteiger partial charge in [-0.05, 0) is 51.4 Å². The first kappa shape index (κ1) is 16.3. The molecule has 2 fully saturated rings. The van der Waals surface area contributed by atoms with E-state index in [2.05, 4.69) is 21.8 Å². The lowest BCUT2D eigenvalue weighted by Crippen LogP contribution is -2.47. The summed E-state index contributed by atoms with van der Waals surface area (Å²) >= 11 is 0. The molecule has 132 valence electrons.